The van der Waals surface area contributed by atoms with Gasteiger partial charge in [0.05, 0.1) is 41.3 Å². The van der Waals surface area contributed by atoms with Crippen LogP contribution in [-0.4, -0.2) is 49.2 Å². The minimum atomic E-state index is -3.37. The Kier molecular flexibility index (Phi) is 9.46. The molecule has 1 aromatic heterocycles. The number of benzene rings is 2. The number of nitrogens with zero attached hydrogens (tertiary/aromatic N) is 1. The molecule has 0 spiro atoms. The second-order valence-corrected chi connectivity index (χ2v) is 10.5. The van der Waals surface area contributed by atoms with Crippen LogP contribution in [0.25, 0.3) is 11.3 Å². The van der Waals surface area contributed by atoms with E-state index in [9.17, 15) is 23.1 Å². The Morgan fingerprint density at radius 2 is 1.92 bits per heavy atom. The molecule has 4 N–H and O–H groups in total. The van der Waals surface area contributed by atoms with Gasteiger partial charge in [-0.2, -0.15) is 0 Å². The van der Waals surface area contributed by atoms with Crippen LogP contribution in [0.1, 0.15) is 29.1 Å². The predicted octanol–water partition coefficient (Wildman–Crippen LogP) is 3.77. The van der Waals surface area contributed by atoms with Crippen molar-refractivity contribution in [3.05, 3.63) is 70.2 Å². The molecular weight excluding hydrogens is 531 g/mol. The number of aromatic nitrogens is 1. The zero-order chi connectivity index (χ0) is 26.3. The summed E-state index contributed by atoms with van der Waals surface area (Å²) in [6.45, 7) is 0.197. The first-order chi connectivity index (χ1) is 17.0. The standard InChI is InChI=1S/C23H24Cl2N4O6S/c1-36(33,34)28-10-4-7-19(22(30)29-18-6-3-2-5-15(18)23(31)32)26-13-21-27-12-20(35-21)16-11-14(24)8-9-17(16)25/h2-3,5-6,8-9,11-12,19,26,28H,4,7,10,13H2,1H3,(H,29,30)(H,31,32). The van der Waals surface area contributed by atoms with Gasteiger partial charge in [0, 0.05) is 17.1 Å². The highest BCUT2D eigenvalue weighted by molar-refractivity contribution is 7.88. The molecular formula is C23H24Cl2N4O6S. The number of sulfonamides is 1. The van der Waals surface area contributed by atoms with Gasteiger partial charge in [0.15, 0.2) is 5.76 Å². The molecule has 3 rings (SSSR count). The van der Waals surface area contributed by atoms with Crippen molar-refractivity contribution in [3.63, 3.8) is 0 Å². The number of oxazole rings is 1. The molecule has 0 saturated carbocycles. The Balaban J connectivity index is 1.72. The molecule has 1 heterocycles. The van der Waals surface area contributed by atoms with Gasteiger partial charge in [-0.1, -0.05) is 35.3 Å². The first-order valence-electron chi connectivity index (χ1n) is 10.7. The van der Waals surface area contributed by atoms with Gasteiger partial charge < -0.3 is 14.8 Å². The molecule has 0 aliphatic heterocycles. The van der Waals surface area contributed by atoms with Crippen molar-refractivity contribution >= 4 is 50.8 Å². The Bertz CT molecular complexity index is 1350. The summed E-state index contributed by atoms with van der Waals surface area (Å²) >= 11 is 12.3. The summed E-state index contributed by atoms with van der Waals surface area (Å²) in [5, 5.41) is 16.0. The van der Waals surface area contributed by atoms with E-state index in [0.29, 0.717) is 27.8 Å². The van der Waals surface area contributed by atoms with Crippen molar-refractivity contribution in [2.75, 3.05) is 18.1 Å². The van der Waals surface area contributed by atoms with Gasteiger partial charge in [-0.05, 0) is 43.2 Å². The largest absolute Gasteiger partial charge is 0.478 e. The van der Waals surface area contributed by atoms with E-state index in [2.05, 4.69) is 20.3 Å². The van der Waals surface area contributed by atoms with E-state index in [-0.39, 0.29) is 36.7 Å². The number of para-hydroxylation sites is 1. The molecule has 13 heteroatoms. The summed E-state index contributed by atoms with van der Waals surface area (Å²) in [5.41, 5.74) is 0.651. The fraction of sp³-hybridized carbons (Fsp3) is 0.261. The minimum Gasteiger partial charge on any atom is -0.478 e. The highest BCUT2D eigenvalue weighted by atomic mass is 35.5. The van der Waals surface area contributed by atoms with Gasteiger partial charge in [0.1, 0.15) is 0 Å². The first-order valence-corrected chi connectivity index (χ1v) is 13.4. The molecule has 0 fully saturated rings. The number of amides is 1. The Labute approximate surface area is 218 Å². The molecule has 1 atom stereocenters. The Morgan fingerprint density at radius 3 is 2.64 bits per heavy atom. The topological polar surface area (TPSA) is 151 Å². The van der Waals surface area contributed by atoms with Gasteiger partial charge in [-0.25, -0.2) is 22.9 Å². The smallest absolute Gasteiger partial charge is 0.337 e. The first kappa shape index (κ1) is 27.6. The molecule has 1 unspecified atom stereocenters. The molecule has 1 amide bonds. The number of carbonyl (C=O) groups excluding carboxylic acids is 1. The van der Waals surface area contributed by atoms with Crippen LogP contribution in [0.2, 0.25) is 10.0 Å². The van der Waals surface area contributed by atoms with Crippen LogP contribution in [0.3, 0.4) is 0 Å². The number of aromatic carboxylic acids is 1. The van der Waals surface area contributed by atoms with Crippen LogP contribution >= 0.6 is 23.2 Å². The van der Waals surface area contributed by atoms with Crippen LogP contribution in [0.4, 0.5) is 5.69 Å². The summed E-state index contributed by atoms with van der Waals surface area (Å²) in [6.07, 6.45) is 3.12. The van der Waals surface area contributed by atoms with Gasteiger partial charge in [-0.15, -0.1) is 0 Å². The number of rotatable bonds is 12. The lowest BCUT2D eigenvalue weighted by Crippen LogP contribution is -2.41. The second-order valence-electron chi connectivity index (χ2n) is 7.82. The van der Waals surface area contributed by atoms with E-state index < -0.39 is 27.9 Å². The fourth-order valence-electron chi connectivity index (χ4n) is 3.30. The molecule has 3 aromatic rings. The average Bonchev–Trinajstić information content (AvgIpc) is 3.28. The number of carbonyl (C=O) groups is 2. The Hall–Kier alpha value is -2.96. The zero-order valence-corrected chi connectivity index (χ0v) is 21.5. The fourth-order valence-corrected chi connectivity index (χ4v) is 4.20. The van der Waals surface area contributed by atoms with Crippen molar-refractivity contribution in [1.82, 2.24) is 15.0 Å². The number of nitrogens with one attached hydrogen (secondary N) is 3. The second kappa shape index (κ2) is 12.3. The molecule has 10 nitrogen and oxygen atoms in total. The van der Waals surface area contributed by atoms with E-state index in [1.54, 1.807) is 30.3 Å². The molecule has 192 valence electrons. The maximum Gasteiger partial charge on any atom is 0.337 e. The summed E-state index contributed by atoms with van der Waals surface area (Å²) in [6, 6.07) is 10.2. The van der Waals surface area contributed by atoms with E-state index in [0.717, 1.165) is 6.26 Å². The van der Waals surface area contributed by atoms with Gasteiger partial charge in [-0.3, -0.25) is 10.1 Å². The maximum absolute atomic E-state index is 13.0. The average molecular weight is 555 g/mol. The van der Waals surface area contributed by atoms with Crippen LogP contribution in [0.15, 0.2) is 53.1 Å². The number of carboxylic acids is 1. The summed E-state index contributed by atoms with van der Waals surface area (Å²) in [5.74, 6) is -1.00. The van der Waals surface area contributed by atoms with E-state index in [4.69, 9.17) is 27.6 Å². The van der Waals surface area contributed by atoms with Crippen LogP contribution in [0.5, 0.6) is 0 Å². The van der Waals surface area contributed by atoms with Crippen LogP contribution in [0, 0.1) is 0 Å². The van der Waals surface area contributed by atoms with E-state index >= 15 is 0 Å². The summed E-state index contributed by atoms with van der Waals surface area (Å²) in [7, 11) is -3.37. The normalized spacial score (nSPS) is 12.3. The van der Waals surface area contributed by atoms with Gasteiger partial charge in [0.2, 0.25) is 21.8 Å². The third kappa shape index (κ3) is 8.04. The predicted molar refractivity (Wildman–Crippen MR) is 137 cm³/mol. The molecule has 0 radical (unpaired) electrons. The maximum atomic E-state index is 13.0. The molecule has 0 bridgehead atoms. The number of anilines is 1. The molecule has 36 heavy (non-hydrogen) atoms. The number of carboxylic acid groups (broad SMARTS) is 1. The van der Waals surface area contributed by atoms with Crippen molar-refractivity contribution in [2.24, 2.45) is 0 Å². The molecule has 2 aromatic carbocycles. The number of halogens is 2. The van der Waals surface area contributed by atoms with Crippen LogP contribution in [-0.2, 0) is 21.4 Å². The SMILES string of the molecule is CS(=O)(=O)NCCCC(NCc1ncc(-c2cc(Cl)ccc2Cl)o1)C(=O)Nc1ccccc1C(=O)O. The lowest BCUT2D eigenvalue weighted by atomic mass is 10.1. The number of hydrogen-bond acceptors (Lipinski definition) is 7. The minimum absolute atomic E-state index is 0.0564. The van der Waals surface area contributed by atoms with Crippen molar-refractivity contribution in [1.29, 1.82) is 0 Å². The molecule has 0 saturated heterocycles. The lowest BCUT2D eigenvalue weighted by molar-refractivity contribution is -0.118. The third-order valence-corrected chi connectivity index (χ3v) is 6.31. The third-order valence-electron chi connectivity index (χ3n) is 5.01. The highest BCUT2D eigenvalue weighted by Gasteiger charge is 2.21. The van der Waals surface area contributed by atoms with Crippen molar-refractivity contribution in [3.8, 4) is 11.3 Å². The summed E-state index contributed by atoms with van der Waals surface area (Å²) in [4.78, 5) is 28.7. The molecule has 0 aliphatic carbocycles. The van der Waals surface area contributed by atoms with Crippen molar-refractivity contribution < 1.29 is 27.5 Å². The quantitative estimate of drug-likeness (QED) is 0.247. The van der Waals surface area contributed by atoms with Gasteiger partial charge >= 0.3 is 5.97 Å². The van der Waals surface area contributed by atoms with E-state index in [1.165, 1.54) is 18.3 Å². The molecule has 0 aliphatic rings. The van der Waals surface area contributed by atoms with Gasteiger partial charge in [0.25, 0.3) is 0 Å². The lowest BCUT2D eigenvalue weighted by Gasteiger charge is -2.18. The number of hydrogen-bond donors (Lipinski definition) is 4. The van der Waals surface area contributed by atoms with Crippen LogP contribution < -0.4 is 15.4 Å². The monoisotopic (exact) mass is 554 g/mol. The van der Waals surface area contributed by atoms with E-state index in [1.807, 2.05) is 0 Å². The Morgan fingerprint density at radius 1 is 1.17 bits per heavy atom. The highest BCUT2D eigenvalue weighted by Crippen LogP contribution is 2.31. The van der Waals surface area contributed by atoms with Crippen molar-refractivity contribution in [2.45, 2.75) is 25.4 Å². The summed E-state index contributed by atoms with van der Waals surface area (Å²) < 4.78 is 30.8. The zero-order valence-electron chi connectivity index (χ0n) is 19.1.